The molecule has 0 aliphatic heterocycles. The van der Waals surface area contributed by atoms with Crippen LogP contribution in [-0.4, -0.2) is 12.1 Å². The smallest absolute Gasteiger partial charge is 0.267 e. The number of amides is 1. The molecule has 0 atom stereocenters. The van der Waals surface area contributed by atoms with Crippen LogP contribution in [0.1, 0.15) is 21.5 Å². The molecule has 0 heterocycles. The summed E-state index contributed by atoms with van der Waals surface area (Å²) in [5.74, 6) is -2.54. The molecule has 0 aliphatic carbocycles. The number of carbonyl (C=O) groups is 1. The van der Waals surface area contributed by atoms with Crippen LogP contribution in [0.5, 0.6) is 0 Å². The van der Waals surface area contributed by atoms with Crippen LogP contribution >= 0.6 is 0 Å². The molecule has 8 heteroatoms. The van der Waals surface area contributed by atoms with Gasteiger partial charge in [-0.25, -0.2) is 14.2 Å². The Kier molecular flexibility index (Phi) is 4.73. The predicted octanol–water partition coefficient (Wildman–Crippen LogP) is 3.75. The minimum Gasteiger partial charge on any atom is -0.267 e. The molecule has 2 rings (SSSR count). The molecule has 0 radical (unpaired) electrons. The first-order valence-corrected chi connectivity index (χ1v) is 6.23. The van der Waals surface area contributed by atoms with E-state index in [9.17, 15) is 26.7 Å². The molecular weight excluding hydrogens is 319 g/mol. The minimum absolute atomic E-state index is 0.0795. The molecule has 1 N–H and O–H groups in total. The van der Waals surface area contributed by atoms with Crippen LogP contribution in [0.2, 0.25) is 0 Å². The van der Waals surface area contributed by atoms with Gasteiger partial charge in [0.1, 0.15) is 11.6 Å². The number of rotatable bonds is 3. The number of halogens is 5. The van der Waals surface area contributed by atoms with Crippen molar-refractivity contribution in [3.63, 3.8) is 0 Å². The summed E-state index contributed by atoms with van der Waals surface area (Å²) >= 11 is 0. The lowest BCUT2D eigenvalue weighted by atomic mass is 10.1. The molecule has 0 spiro atoms. The Morgan fingerprint density at radius 2 is 1.57 bits per heavy atom. The lowest BCUT2D eigenvalue weighted by molar-refractivity contribution is -0.137. The summed E-state index contributed by atoms with van der Waals surface area (Å²) in [6.07, 6.45) is -3.73. The Morgan fingerprint density at radius 1 is 1.00 bits per heavy atom. The molecule has 0 saturated carbocycles. The maximum absolute atomic E-state index is 13.3. The van der Waals surface area contributed by atoms with Crippen molar-refractivity contribution in [2.45, 2.75) is 6.18 Å². The van der Waals surface area contributed by atoms with E-state index in [2.05, 4.69) is 5.10 Å². The number of benzene rings is 2. The number of alkyl halides is 3. The molecule has 0 bridgehead atoms. The van der Waals surface area contributed by atoms with Crippen LogP contribution in [0.3, 0.4) is 0 Å². The number of nitrogens with one attached hydrogen (secondary N) is 1. The highest BCUT2D eigenvalue weighted by Crippen LogP contribution is 2.29. The van der Waals surface area contributed by atoms with Crippen LogP contribution in [0.15, 0.2) is 47.6 Å². The van der Waals surface area contributed by atoms with Crippen molar-refractivity contribution >= 4 is 12.1 Å². The number of hydrogen-bond donors (Lipinski definition) is 1. The number of hydrogen-bond acceptors (Lipinski definition) is 2. The molecule has 0 aliphatic rings. The van der Waals surface area contributed by atoms with Gasteiger partial charge in [-0.2, -0.15) is 18.3 Å². The van der Waals surface area contributed by atoms with Crippen LogP contribution < -0.4 is 5.43 Å². The van der Waals surface area contributed by atoms with Crippen LogP contribution in [0.4, 0.5) is 22.0 Å². The largest absolute Gasteiger partial charge is 0.416 e. The Hall–Kier alpha value is -2.77. The van der Waals surface area contributed by atoms with E-state index in [1.165, 1.54) is 6.07 Å². The second-order valence-electron chi connectivity index (χ2n) is 4.41. The Balaban J connectivity index is 2.06. The van der Waals surface area contributed by atoms with Crippen molar-refractivity contribution in [2.75, 3.05) is 0 Å². The van der Waals surface area contributed by atoms with Gasteiger partial charge >= 0.3 is 6.18 Å². The number of carbonyl (C=O) groups excluding carboxylic acids is 1. The highest BCUT2D eigenvalue weighted by molar-refractivity contribution is 5.94. The van der Waals surface area contributed by atoms with Crippen LogP contribution in [0.25, 0.3) is 0 Å². The van der Waals surface area contributed by atoms with Gasteiger partial charge in [0.05, 0.1) is 17.3 Å². The van der Waals surface area contributed by atoms with E-state index in [0.717, 1.165) is 42.6 Å². The maximum Gasteiger partial charge on any atom is 0.416 e. The van der Waals surface area contributed by atoms with Gasteiger partial charge < -0.3 is 0 Å². The van der Waals surface area contributed by atoms with Crippen LogP contribution in [-0.2, 0) is 6.18 Å². The summed E-state index contributed by atoms with van der Waals surface area (Å²) in [6.45, 7) is 0. The molecule has 2 aromatic rings. The highest BCUT2D eigenvalue weighted by Gasteiger charge is 2.30. The van der Waals surface area contributed by atoms with E-state index in [0.29, 0.717) is 0 Å². The molecule has 0 unspecified atom stereocenters. The summed E-state index contributed by atoms with van der Waals surface area (Å²) in [7, 11) is 0. The van der Waals surface area contributed by atoms with Crippen molar-refractivity contribution < 1.29 is 26.7 Å². The zero-order chi connectivity index (χ0) is 17.0. The Morgan fingerprint density at radius 3 is 2.09 bits per heavy atom. The first kappa shape index (κ1) is 16.6. The zero-order valence-corrected chi connectivity index (χ0v) is 11.4. The van der Waals surface area contributed by atoms with Gasteiger partial charge in [-0.15, -0.1) is 0 Å². The molecule has 0 saturated heterocycles. The van der Waals surface area contributed by atoms with Gasteiger partial charge in [-0.3, -0.25) is 4.79 Å². The summed E-state index contributed by atoms with van der Waals surface area (Å²) in [5.41, 5.74) is 0.555. The molecule has 0 aromatic heterocycles. The zero-order valence-electron chi connectivity index (χ0n) is 11.4. The molecule has 3 nitrogen and oxygen atoms in total. The maximum atomic E-state index is 13.3. The summed E-state index contributed by atoms with van der Waals surface area (Å²) < 4.78 is 63.8. The third-order valence-electron chi connectivity index (χ3n) is 2.83. The Labute approximate surface area is 127 Å². The number of nitrogens with zero attached hydrogens (tertiary/aromatic N) is 1. The second kappa shape index (κ2) is 6.55. The van der Waals surface area contributed by atoms with E-state index >= 15 is 0 Å². The quantitative estimate of drug-likeness (QED) is 0.520. The fourth-order valence-corrected chi connectivity index (χ4v) is 1.66. The van der Waals surface area contributed by atoms with Crippen molar-refractivity contribution in [1.29, 1.82) is 0 Å². The van der Waals surface area contributed by atoms with Crippen molar-refractivity contribution in [1.82, 2.24) is 5.43 Å². The monoisotopic (exact) mass is 328 g/mol. The average molecular weight is 328 g/mol. The Bertz CT molecular complexity index is 718. The minimum atomic E-state index is -4.50. The molecule has 1 amide bonds. The first-order chi connectivity index (χ1) is 10.8. The van der Waals surface area contributed by atoms with E-state index in [4.69, 9.17) is 0 Å². The van der Waals surface area contributed by atoms with Crippen molar-refractivity contribution in [2.24, 2.45) is 5.10 Å². The fraction of sp³-hybridized carbons (Fsp3) is 0.0667. The van der Waals surface area contributed by atoms with Gasteiger partial charge in [0.25, 0.3) is 5.91 Å². The SMILES string of the molecule is O=C(N/N=C/c1c(F)cccc1F)c1ccc(C(F)(F)F)cc1. The average Bonchev–Trinajstić information content (AvgIpc) is 2.49. The van der Waals surface area contributed by atoms with E-state index in [1.807, 2.05) is 5.43 Å². The predicted molar refractivity (Wildman–Crippen MR) is 72.9 cm³/mol. The molecule has 2 aromatic carbocycles. The number of hydrazone groups is 1. The molecule has 0 fully saturated rings. The van der Waals surface area contributed by atoms with Gasteiger partial charge in [0, 0.05) is 5.56 Å². The topological polar surface area (TPSA) is 41.5 Å². The highest BCUT2D eigenvalue weighted by atomic mass is 19.4. The summed E-state index contributed by atoms with van der Waals surface area (Å²) in [4.78, 5) is 11.7. The normalized spacial score (nSPS) is 11.7. The van der Waals surface area contributed by atoms with Gasteiger partial charge in [0.15, 0.2) is 0 Å². The van der Waals surface area contributed by atoms with E-state index < -0.39 is 34.8 Å². The lowest BCUT2D eigenvalue weighted by Crippen LogP contribution is -2.18. The fourth-order valence-electron chi connectivity index (χ4n) is 1.66. The summed E-state index contributed by atoms with van der Waals surface area (Å²) in [5, 5.41) is 3.38. The van der Waals surface area contributed by atoms with Crippen molar-refractivity contribution in [3.05, 3.63) is 70.8 Å². The lowest BCUT2D eigenvalue weighted by Gasteiger charge is -2.06. The third-order valence-corrected chi connectivity index (χ3v) is 2.83. The second-order valence-corrected chi connectivity index (χ2v) is 4.41. The molecular formula is C15H9F5N2O. The third kappa shape index (κ3) is 4.12. The van der Waals surface area contributed by atoms with Crippen molar-refractivity contribution in [3.8, 4) is 0 Å². The van der Waals surface area contributed by atoms with E-state index in [-0.39, 0.29) is 5.56 Å². The van der Waals surface area contributed by atoms with Crippen LogP contribution in [0, 0.1) is 11.6 Å². The molecule has 23 heavy (non-hydrogen) atoms. The van der Waals surface area contributed by atoms with Gasteiger partial charge in [0.2, 0.25) is 0 Å². The van der Waals surface area contributed by atoms with E-state index in [1.54, 1.807) is 0 Å². The molecule has 120 valence electrons. The van der Waals surface area contributed by atoms with Gasteiger partial charge in [-0.05, 0) is 36.4 Å². The standard InChI is InChI=1S/C15H9F5N2O/c16-12-2-1-3-13(17)11(12)8-21-22-14(23)9-4-6-10(7-5-9)15(18,19)20/h1-8H,(H,22,23)/b21-8+. The first-order valence-electron chi connectivity index (χ1n) is 6.23. The summed E-state index contributed by atoms with van der Waals surface area (Å²) in [6, 6.07) is 6.63. The van der Waals surface area contributed by atoms with Gasteiger partial charge in [-0.1, -0.05) is 6.07 Å².